The van der Waals surface area contributed by atoms with E-state index in [0.29, 0.717) is 0 Å². The molecule has 1 aromatic rings. The van der Waals surface area contributed by atoms with Crippen molar-refractivity contribution in [1.82, 2.24) is 0 Å². The molecule has 0 amide bonds. The lowest BCUT2D eigenvalue weighted by atomic mass is 10.2. The molecule has 52 valence electrons. The first-order valence-electron chi connectivity index (χ1n) is 3.21. The highest BCUT2D eigenvalue weighted by atomic mass is 79.9. The van der Waals surface area contributed by atoms with E-state index in [4.69, 9.17) is 0 Å². The third-order valence-corrected chi connectivity index (χ3v) is 1.76. The molecule has 0 saturated heterocycles. The molecule has 0 aliphatic rings. The van der Waals surface area contributed by atoms with Crippen LogP contribution in [0.2, 0.25) is 0 Å². The second kappa shape index (κ2) is 3.57. The van der Waals surface area contributed by atoms with Crippen LogP contribution in [0.1, 0.15) is 12.5 Å². The Morgan fingerprint density at radius 3 is 2.30 bits per heavy atom. The van der Waals surface area contributed by atoms with Gasteiger partial charge >= 0.3 is 0 Å². The van der Waals surface area contributed by atoms with Crippen LogP contribution in [0.15, 0.2) is 34.8 Å². The van der Waals surface area contributed by atoms with Crippen molar-refractivity contribution in [3.05, 3.63) is 40.4 Å². The summed E-state index contributed by atoms with van der Waals surface area (Å²) in [7, 11) is 0. The van der Waals surface area contributed by atoms with E-state index in [2.05, 4.69) is 34.1 Å². The zero-order valence-corrected chi connectivity index (χ0v) is 7.43. The van der Waals surface area contributed by atoms with Gasteiger partial charge < -0.3 is 0 Å². The Kier molecular flexibility index (Phi) is 2.69. The third-order valence-electron chi connectivity index (χ3n) is 1.23. The summed E-state index contributed by atoms with van der Waals surface area (Å²) in [5.41, 5.74) is 1.24. The van der Waals surface area contributed by atoms with Gasteiger partial charge in [-0.1, -0.05) is 40.2 Å². The van der Waals surface area contributed by atoms with Crippen molar-refractivity contribution in [3.8, 4) is 0 Å². The predicted octanol–water partition coefficient (Wildman–Crippen LogP) is 3.48. The Morgan fingerprint density at radius 1 is 1.20 bits per heavy atom. The zero-order chi connectivity index (χ0) is 7.40. The van der Waals surface area contributed by atoms with Crippen molar-refractivity contribution < 1.29 is 0 Å². The highest BCUT2D eigenvalue weighted by Crippen LogP contribution is 2.11. The number of rotatable bonds is 1. The molecule has 10 heavy (non-hydrogen) atoms. The SMILES string of the molecule is CC=Cc1ccc(Br)cc1. The van der Waals surface area contributed by atoms with Crippen molar-refractivity contribution in [2.75, 3.05) is 0 Å². The average molecular weight is 197 g/mol. The highest BCUT2D eigenvalue weighted by molar-refractivity contribution is 9.10. The van der Waals surface area contributed by atoms with E-state index in [-0.39, 0.29) is 0 Å². The summed E-state index contributed by atoms with van der Waals surface area (Å²) < 4.78 is 1.13. The van der Waals surface area contributed by atoms with Gasteiger partial charge in [-0.15, -0.1) is 0 Å². The highest BCUT2D eigenvalue weighted by Gasteiger charge is 1.84. The first-order chi connectivity index (χ1) is 4.83. The lowest BCUT2D eigenvalue weighted by Gasteiger charge is -1.91. The Morgan fingerprint density at radius 2 is 1.80 bits per heavy atom. The second-order valence-corrected chi connectivity index (χ2v) is 2.97. The number of benzene rings is 1. The molecule has 1 aromatic carbocycles. The summed E-state index contributed by atoms with van der Waals surface area (Å²) in [5, 5.41) is 0. The largest absolute Gasteiger partial charge is 0.0871 e. The predicted molar refractivity (Wildman–Crippen MR) is 48.9 cm³/mol. The second-order valence-electron chi connectivity index (χ2n) is 2.05. The van der Waals surface area contributed by atoms with Crippen LogP contribution in [-0.4, -0.2) is 0 Å². The molecular weight excluding hydrogens is 188 g/mol. The van der Waals surface area contributed by atoms with Crippen molar-refractivity contribution >= 4 is 22.0 Å². The van der Waals surface area contributed by atoms with Gasteiger partial charge in [0.1, 0.15) is 0 Å². The standard InChI is InChI=1S/C9H9Br/c1-2-3-8-4-6-9(10)7-5-8/h2-7H,1H3. The fraction of sp³-hybridized carbons (Fsp3) is 0.111. The Balaban J connectivity index is 2.89. The van der Waals surface area contributed by atoms with E-state index in [1.54, 1.807) is 0 Å². The smallest absolute Gasteiger partial charge is 0.0175 e. The molecule has 0 heterocycles. The maximum absolute atomic E-state index is 3.37. The Hall–Kier alpha value is -0.560. The zero-order valence-electron chi connectivity index (χ0n) is 5.84. The van der Waals surface area contributed by atoms with Gasteiger partial charge in [-0.25, -0.2) is 0 Å². The van der Waals surface area contributed by atoms with Crippen molar-refractivity contribution in [1.29, 1.82) is 0 Å². The summed E-state index contributed by atoms with van der Waals surface area (Å²) in [4.78, 5) is 0. The van der Waals surface area contributed by atoms with Gasteiger partial charge in [-0.2, -0.15) is 0 Å². The summed E-state index contributed by atoms with van der Waals surface area (Å²) in [6, 6.07) is 8.22. The van der Waals surface area contributed by atoms with Gasteiger partial charge in [0, 0.05) is 4.47 Å². The van der Waals surface area contributed by atoms with E-state index >= 15 is 0 Å². The van der Waals surface area contributed by atoms with Crippen LogP contribution in [0.4, 0.5) is 0 Å². The quantitative estimate of drug-likeness (QED) is 0.646. The lowest BCUT2D eigenvalue weighted by Crippen LogP contribution is -1.68. The van der Waals surface area contributed by atoms with Crippen LogP contribution in [0.3, 0.4) is 0 Å². The van der Waals surface area contributed by atoms with E-state index in [9.17, 15) is 0 Å². The van der Waals surface area contributed by atoms with Crippen LogP contribution >= 0.6 is 15.9 Å². The first kappa shape index (κ1) is 7.55. The minimum absolute atomic E-state index is 1.13. The van der Waals surface area contributed by atoms with Crippen LogP contribution < -0.4 is 0 Å². The molecule has 0 aliphatic carbocycles. The molecule has 0 atom stereocenters. The number of allylic oxidation sites excluding steroid dienone is 1. The minimum Gasteiger partial charge on any atom is -0.0871 e. The molecule has 0 nitrogen and oxygen atoms in total. The molecular formula is C9H9Br. The molecule has 1 rings (SSSR count). The van der Waals surface area contributed by atoms with Crippen LogP contribution in [0.5, 0.6) is 0 Å². The molecule has 0 N–H and O–H groups in total. The summed E-state index contributed by atoms with van der Waals surface area (Å²) in [6.07, 6.45) is 4.11. The van der Waals surface area contributed by atoms with Crippen molar-refractivity contribution in [3.63, 3.8) is 0 Å². The molecule has 1 heteroatoms. The van der Waals surface area contributed by atoms with Gasteiger partial charge in [-0.3, -0.25) is 0 Å². The third kappa shape index (κ3) is 1.99. The fourth-order valence-corrected chi connectivity index (χ4v) is 1.03. The molecule has 0 aromatic heterocycles. The molecule has 0 radical (unpaired) electrons. The summed E-state index contributed by atoms with van der Waals surface area (Å²) >= 11 is 3.37. The van der Waals surface area contributed by atoms with E-state index in [0.717, 1.165) is 4.47 Å². The molecule has 0 saturated carbocycles. The molecule has 0 aliphatic heterocycles. The van der Waals surface area contributed by atoms with Crippen LogP contribution in [0, 0.1) is 0 Å². The van der Waals surface area contributed by atoms with E-state index in [1.807, 2.05) is 25.1 Å². The average Bonchev–Trinajstić information content (AvgIpc) is 1.95. The van der Waals surface area contributed by atoms with Gasteiger partial charge in [-0.05, 0) is 24.6 Å². The number of halogens is 1. The van der Waals surface area contributed by atoms with Gasteiger partial charge in [0.2, 0.25) is 0 Å². The molecule has 0 spiro atoms. The first-order valence-corrected chi connectivity index (χ1v) is 4.00. The Bertz CT molecular complexity index is 221. The van der Waals surface area contributed by atoms with Gasteiger partial charge in [0.05, 0.1) is 0 Å². The van der Waals surface area contributed by atoms with E-state index in [1.165, 1.54) is 5.56 Å². The molecule has 0 unspecified atom stereocenters. The number of hydrogen-bond acceptors (Lipinski definition) is 0. The van der Waals surface area contributed by atoms with Crippen LogP contribution in [0.25, 0.3) is 6.08 Å². The molecule has 0 fully saturated rings. The fourth-order valence-electron chi connectivity index (χ4n) is 0.766. The monoisotopic (exact) mass is 196 g/mol. The maximum atomic E-state index is 3.37. The topological polar surface area (TPSA) is 0 Å². The van der Waals surface area contributed by atoms with Crippen LogP contribution in [-0.2, 0) is 0 Å². The summed E-state index contributed by atoms with van der Waals surface area (Å²) in [6.45, 7) is 2.02. The lowest BCUT2D eigenvalue weighted by molar-refractivity contribution is 1.60. The van der Waals surface area contributed by atoms with Gasteiger partial charge in [0.25, 0.3) is 0 Å². The summed E-state index contributed by atoms with van der Waals surface area (Å²) in [5.74, 6) is 0. The van der Waals surface area contributed by atoms with E-state index < -0.39 is 0 Å². The van der Waals surface area contributed by atoms with Crippen molar-refractivity contribution in [2.45, 2.75) is 6.92 Å². The Labute approximate surface area is 69.7 Å². The molecule has 0 bridgehead atoms. The minimum atomic E-state index is 1.13. The van der Waals surface area contributed by atoms with Crippen molar-refractivity contribution in [2.24, 2.45) is 0 Å². The maximum Gasteiger partial charge on any atom is 0.0175 e. The normalized spacial score (nSPS) is 10.6. The number of hydrogen-bond donors (Lipinski definition) is 0. The van der Waals surface area contributed by atoms with Gasteiger partial charge in [0.15, 0.2) is 0 Å².